The third-order valence-corrected chi connectivity index (χ3v) is 4.36. The summed E-state index contributed by atoms with van der Waals surface area (Å²) < 4.78 is 5.24. The topological polar surface area (TPSA) is 58.9 Å². The number of carbonyl (C=O) groups is 1. The van der Waals surface area contributed by atoms with Crippen LogP contribution in [0.1, 0.15) is 24.5 Å². The SMILES string of the molecule is COc1ccc(-c2sccc2C(C)=NCCC(=O)O)c(C)c1. The van der Waals surface area contributed by atoms with Gasteiger partial charge in [0.1, 0.15) is 5.75 Å². The van der Waals surface area contributed by atoms with E-state index in [0.29, 0.717) is 6.54 Å². The lowest BCUT2D eigenvalue weighted by molar-refractivity contribution is -0.136. The number of thiophene rings is 1. The quantitative estimate of drug-likeness (QED) is 0.819. The Hall–Kier alpha value is -2.14. The van der Waals surface area contributed by atoms with Crippen LogP contribution in [-0.4, -0.2) is 30.4 Å². The summed E-state index contributed by atoms with van der Waals surface area (Å²) in [5.41, 5.74) is 4.22. The van der Waals surface area contributed by atoms with Crippen molar-refractivity contribution in [1.29, 1.82) is 0 Å². The molecule has 0 amide bonds. The first-order chi connectivity index (χ1) is 10.5. The van der Waals surface area contributed by atoms with Gasteiger partial charge in [0, 0.05) is 22.7 Å². The highest BCUT2D eigenvalue weighted by atomic mass is 32.1. The van der Waals surface area contributed by atoms with E-state index in [9.17, 15) is 4.79 Å². The second-order valence-electron chi connectivity index (χ2n) is 4.96. The van der Waals surface area contributed by atoms with Crippen molar-refractivity contribution in [3.8, 4) is 16.2 Å². The van der Waals surface area contributed by atoms with Gasteiger partial charge < -0.3 is 9.84 Å². The highest BCUT2D eigenvalue weighted by Crippen LogP contribution is 2.34. The van der Waals surface area contributed by atoms with Gasteiger partial charge in [-0.1, -0.05) is 0 Å². The summed E-state index contributed by atoms with van der Waals surface area (Å²) in [6.45, 7) is 4.28. The molecular weight excluding hydrogens is 298 g/mol. The molecule has 0 aliphatic rings. The van der Waals surface area contributed by atoms with Gasteiger partial charge in [0.05, 0.1) is 13.5 Å². The second-order valence-corrected chi connectivity index (χ2v) is 5.87. The van der Waals surface area contributed by atoms with Gasteiger partial charge in [0.15, 0.2) is 0 Å². The van der Waals surface area contributed by atoms with Crippen LogP contribution in [0, 0.1) is 6.92 Å². The summed E-state index contributed by atoms with van der Waals surface area (Å²) in [7, 11) is 1.66. The summed E-state index contributed by atoms with van der Waals surface area (Å²) in [6.07, 6.45) is 0.0539. The number of nitrogens with zero attached hydrogens (tertiary/aromatic N) is 1. The number of methoxy groups -OCH3 is 1. The Labute approximate surface area is 134 Å². The van der Waals surface area contributed by atoms with Gasteiger partial charge in [0.2, 0.25) is 0 Å². The maximum Gasteiger partial charge on any atom is 0.305 e. The molecule has 1 N–H and O–H groups in total. The average Bonchev–Trinajstić information content (AvgIpc) is 2.95. The van der Waals surface area contributed by atoms with E-state index in [2.05, 4.69) is 11.9 Å². The van der Waals surface area contributed by atoms with Gasteiger partial charge in [-0.05, 0) is 54.6 Å². The van der Waals surface area contributed by atoms with E-state index in [-0.39, 0.29) is 6.42 Å². The monoisotopic (exact) mass is 317 g/mol. The van der Waals surface area contributed by atoms with E-state index >= 15 is 0 Å². The van der Waals surface area contributed by atoms with Crippen molar-refractivity contribution in [2.24, 2.45) is 4.99 Å². The standard InChI is InChI=1S/C17H19NO3S/c1-11-10-13(21-3)4-5-14(11)17-15(7-9-22-17)12(2)18-8-6-16(19)20/h4-5,7,9-10H,6,8H2,1-3H3,(H,19,20). The van der Waals surface area contributed by atoms with E-state index < -0.39 is 5.97 Å². The molecule has 0 radical (unpaired) electrons. The Bertz CT molecular complexity index is 704. The van der Waals surface area contributed by atoms with Gasteiger partial charge in [-0.15, -0.1) is 11.3 Å². The summed E-state index contributed by atoms with van der Waals surface area (Å²) in [4.78, 5) is 16.1. The predicted molar refractivity (Wildman–Crippen MR) is 90.4 cm³/mol. The molecule has 0 atom stereocenters. The number of carboxylic acids is 1. The smallest absolute Gasteiger partial charge is 0.305 e. The summed E-state index contributed by atoms with van der Waals surface area (Å²) in [5, 5.41) is 10.7. The van der Waals surface area contributed by atoms with Crippen molar-refractivity contribution in [2.45, 2.75) is 20.3 Å². The van der Waals surface area contributed by atoms with Gasteiger partial charge in [-0.3, -0.25) is 9.79 Å². The van der Waals surface area contributed by atoms with Crippen molar-refractivity contribution in [2.75, 3.05) is 13.7 Å². The van der Waals surface area contributed by atoms with Crippen LogP contribution in [0.25, 0.3) is 10.4 Å². The molecule has 0 fully saturated rings. The lowest BCUT2D eigenvalue weighted by Crippen LogP contribution is -2.01. The molecule has 4 nitrogen and oxygen atoms in total. The molecule has 0 saturated carbocycles. The fraction of sp³-hybridized carbons (Fsp3) is 0.294. The van der Waals surface area contributed by atoms with Gasteiger partial charge in [-0.2, -0.15) is 0 Å². The number of aliphatic carboxylic acids is 1. The van der Waals surface area contributed by atoms with Crippen LogP contribution >= 0.6 is 11.3 Å². The zero-order chi connectivity index (χ0) is 16.1. The number of aryl methyl sites for hydroxylation is 1. The lowest BCUT2D eigenvalue weighted by atomic mass is 10.0. The van der Waals surface area contributed by atoms with Crippen molar-refractivity contribution in [1.82, 2.24) is 0 Å². The number of carboxylic acid groups (broad SMARTS) is 1. The third kappa shape index (κ3) is 3.74. The predicted octanol–water partition coefficient (Wildman–Crippen LogP) is 4.02. The number of hydrogen-bond donors (Lipinski definition) is 1. The van der Waals surface area contributed by atoms with Crippen molar-refractivity contribution < 1.29 is 14.6 Å². The molecule has 1 aromatic carbocycles. The van der Waals surface area contributed by atoms with Crippen molar-refractivity contribution in [3.63, 3.8) is 0 Å². The van der Waals surface area contributed by atoms with Gasteiger partial charge >= 0.3 is 5.97 Å². The molecular formula is C17H19NO3S. The first-order valence-electron chi connectivity index (χ1n) is 6.98. The van der Waals surface area contributed by atoms with Crippen LogP contribution in [0.3, 0.4) is 0 Å². The summed E-state index contributed by atoms with van der Waals surface area (Å²) in [6, 6.07) is 8.04. The lowest BCUT2D eigenvalue weighted by Gasteiger charge is -2.09. The third-order valence-electron chi connectivity index (χ3n) is 3.41. The molecule has 22 heavy (non-hydrogen) atoms. The molecule has 1 heterocycles. The molecule has 0 aliphatic carbocycles. The van der Waals surface area contributed by atoms with Crippen LogP contribution in [0.4, 0.5) is 0 Å². The first-order valence-corrected chi connectivity index (χ1v) is 7.86. The first kappa shape index (κ1) is 16.2. The molecule has 116 valence electrons. The van der Waals surface area contributed by atoms with E-state index in [1.807, 2.05) is 36.6 Å². The van der Waals surface area contributed by atoms with Gasteiger partial charge in [0.25, 0.3) is 0 Å². The maximum absolute atomic E-state index is 10.6. The molecule has 2 rings (SSSR count). The van der Waals surface area contributed by atoms with E-state index in [1.165, 1.54) is 0 Å². The minimum Gasteiger partial charge on any atom is -0.497 e. The van der Waals surface area contributed by atoms with Crippen LogP contribution in [-0.2, 0) is 4.79 Å². The minimum atomic E-state index is -0.826. The Kier molecular flexibility index (Phi) is 5.33. The van der Waals surface area contributed by atoms with Crippen molar-refractivity contribution in [3.05, 3.63) is 40.8 Å². The Morgan fingerprint density at radius 3 is 2.77 bits per heavy atom. The largest absolute Gasteiger partial charge is 0.497 e. The molecule has 0 spiro atoms. The number of aliphatic imine (C=N–C) groups is 1. The van der Waals surface area contributed by atoms with Crippen LogP contribution in [0.2, 0.25) is 0 Å². The van der Waals surface area contributed by atoms with E-state index in [1.54, 1.807) is 18.4 Å². The molecule has 0 aliphatic heterocycles. The Morgan fingerprint density at radius 1 is 1.36 bits per heavy atom. The summed E-state index contributed by atoms with van der Waals surface area (Å²) in [5.74, 6) is 0.0132. The average molecular weight is 317 g/mol. The molecule has 0 unspecified atom stereocenters. The van der Waals surface area contributed by atoms with E-state index in [0.717, 1.165) is 33.0 Å². The Balaban J connectivity index is 2.31. The normalized spacial score (nSPS) is 11.5. The zero-order valence-corrected chi connectivity index (χ0v) is 13.7. The number of benzene rings is 1. The number of hydrogen-bond acceptors (Lipinski definition) is 4. The van der Waals surface area contributed by atoms with Crippen molar-refractivity contribution >= 4 is 23.0 Å². The maximum atomic E-state index is 10.6. The number of ether oxygens (including phenoxy) is 1. The second kappa shape index (κ2) is 7.22. The van der Waals surface area contributed by atoms with Crippen LogP contribution in [0.5, 0.6) is 5.75 Å². The highest BCUT2D eigenvalue weighted by Gasteiger charge is 2.12. The summed E-state index contributed by atoms with van der Waals surface area (Å²) >= 11 is 1.66. The van der Waals surface area contributed by atoms with Gasteiger partial charge in [-0.25, -0.2) is 0 Å². The zero-order valence-electron chi connectivity index (χ0n) is 12.9. The molecule has 5 heteroatoms. The van der Waals surface area contributed by atoms with Crippen LogP contribution in [0.15, 0.2) is 34.6 Å². The molecule has 2 aromatic rings. The molecule has 0 bridgehead atoms. The molecule has 0 saturated heterocycles. The number of rotatable bonds is 6. The Morgan fingerprint density at radius 2 is 2.14 bits per heavy atom. The fourth-order valence-electron chi connectivity index (χ4n) is 2.23. The fourth-order valence-corrected chi connectivity index (χ4v) is 3.26. The molecule has 1 aromatic heterocycles. The van der Waals surface area contributed by atoms with E-state index in [4.69, 9.17) is 9.84 Å². The van der Waals surface area contributed by atoms with Crippen LogP contribution < -0.4 is 4.74 Å². The minimum absolute atomic E-state index is 0.0539. The highest BCUT2D eigenvalue weighted by molar-refractivity contribution is 7.14.